The number of imidazole rings is 1. The van der Waals surface area contributed by atoms with Crippen molar-refractivity contribution in [1.29, 1.82) is 0 Å². The van der Waals surface area contributed by atoms with Crippen LogP contribution in [0, 0.1) is 5.82 Å². The summed E-state index contributed by atoms with van der Waals surface area (Å²) in [6.45, 7) is 0.831. The van der Waals surface area contributed by atoms with Crippen LogP contribution >= 0.6 is 0 Å². The first-order valence-corrected chi connectivity index (χ1v) is 11.1. The van der Waals surface area contributed by atoms with E-state index < -0.39 is 17.0 Å². The lowest BCUT2D eigenvalue weighted by Gasteiger charge is -2.28. The van der Waals surface area contributed by atoms with Gasteiger partial charge in [-0.2, -0.15) is 0 Å². The van der Waals surface area contributed by atoms with Gasteiger partial charge in [-0.25, -0.2) is 9.37 Å². The normalized spacial score (nSPS) is 22.3. The van der Waals surface area contributed by atoms with E-state index in [9.17, 15) is 8.94 Å². The number of aromatic nitrogens is 2. The van der Waals surface area contributed by atoms with Crippen molar-refractivity contribution in [2.45, 2.75) is 36.2 Å². The van der Waals surface area contributed by atoms with Crippen molar-refractivity contribution in [3.05, 3.63) is 78.6 Å². The Bertz CT molecular complexity index is 937. The van der Waals surface area contributed by atoms with E-state index in [1.807, 2.05) is 10.8 Å². The average molecular weight is 430 g/mol. The molecule has 1 saturated heterocycles. The minimum Gasteiger partial charge on any atom is -0.611 e. The topological polar surface area (TPSA) is 85.4 Å². The Morgan fingerprint density at radius 1 is 1.20 bits per heavy atom. The molecule has 6 nitrogen and oxygen atoms in total. The van der Waals surface area contributed by atoms with Crippen molar-refractivity contribution < 1.29 is 18.4 Å². The van der Waals surface area contributed by atoms with Crippen molar-refractivity contribution in [2.24, 2.45) is 0 Å². The number of anilines is 1. The van der Waals surface area contributed by atoms with Gasteiger partial charge in [0, 0.05) is 24.5 Å². The highest BCUT2D eigenvalue weighted by molar-refractivity contribution is 7.91. The Morgan fingerprint density at radius 2 is 1.97 bits per heavy atom. The SMILES string of the molecule is Nc1ccc([S+]([O-])C[C@@H]2CO[C@](CCc3ccc(F)cc3)(Cn3ccnc3)O2)cc1. The van der Waals surface area contributed by atoms with E-state index in [4.69, 9.17) is 15.2 Å². The molecule has 2 N–H and O–H groups in total. The molecule has 2 heterocycles. The highest BCUT2D eigenvalue weighted by Gasteiger charge is 2.43. The second-order valence-electron chi connectivity index (χ2n) is 7.40. The number of nitrogen functional groups attached to an aromatic ring is 1. The van der Waals surface area contributed by atoms with Crippen LogP contribution in [0.3, 0.4) is 0 Å². The molecule has 1 aliphatic heterocycles. The van der Waals surface area contributed by atoms with E-state index >= 15 is 0 Å². The predicted molar refractivity (Wildman–Crippen MR) is 113 cm³/mol. The second-order valence-corrected chi connectivity index (χ2v) is 8.90. The molecule has 1 aromatic heterocycles. The van der Waals surface area contributed by atoms with E-state index in [0.29, 0.717) is 42.3 Å². The molecule has 0 amide bonds. The van der Waals surface area contributed by atoms with Crippen molar-refractivity contribution in [2.75, 3.05) is 18.1 Å². The monoisotopic (exact) mass is 429 g/mol. The average Bonchev–Trinajstić information content (AvgIpc) is 3.39. The fraction of sp³-hybridized carbons (Fsp3) is 0.318. The van der Waals surface area contributed by atoms with Crippen LogP contribution in [0.1, 0.15) is 12.0 Å². The van der Waals surface area contributed by atoms with Gasteiger partial charge in [0.1, 0.15) is 17.7 Å². The van der Waals surface area contributed by atoms with Gasteiger partial charge < -0.3 is 24.3 Å². The van der Waals surface area contributed by atoms with Gasteiger partial charge in [0.15, 0.2) is 10.7 Å². The summed E-state index contributed by atoms with van der Waals surface area (Å²) in [5.41, 5.74) is 7.35. The summed E-state index contributed by atoms with van der Waals surface area (Å²) in [4.78, 5) is 4.80. The van der Waals surface area contributed by atoms with Crippen LogP contribution in [0.2, 0.25) is 0 Å². The highest BCUT2D eigenvalue weighted by atomic mass is 32.2. The predicted octanol–water partition coefficient (Wildman–Crippen LogP) is 3.16. The molecule has 1 unspecified atom stereocenters. The summed E-state index contributed by atoms with van der Waals surface area (Å²) >= 11 is -1.22. The maximum Gasteiger partial charge on any atom is 0.187 e. The fourth-order valence-electron chi connectivity index (χ4n) is 3.52. The number of aryl methyl sites for hydroxylation is 1. The number of nitrogens with two attached hydrogens (primary N) is 1. The Labute approximate surface area is 178 Å². The number of hydrogen-bond donors (Lipinski definition) is 1. The fourth-order valence-corrected chi connectivity index (χ4v) is 4.65. The summed E-state index contributed by atoms with van der Waals surface area (Å²) in [6, 6.07) is 13.5. The summed E-state index contributed by atoms with van der Waals surface area (Å²) in [5, 5.41) is 0. The maximum absolute atomic E-state index is 13.2. The van der Waals surface area contributed by atoms with Gasteiger partial charge in [-0.15, -0.1) is 0 Å². The lowest BCUT2D eigenvalue weighted by molar-refractivity contribution is -0.180. The number of benzene rings is 2. The summed E-state index contributed by atoms with van der Waals surface area (Å²) in [5.74, 6) is -0.775. The molecule has 2 aromatic carbocycles. The van der Waals surface area contributed by atoms with E-state index in [1.165, 1.54) is 12.1 Å². The van der Waals surface area contributed by atoms with Crippen molar-refractivity contribution in [3.8, 4) is 0 Å². The maximum atomic E-state index is 13.2. The Balaban J connectivity index is 1.43. The number of halogens is 1. The first-order chi connectivity index (χ1) is 14.5. The minimum absolute atomic E-state index is 0.259. The van der Waals surface area contributed by atoms with Crippen LogP contribution in [-0.2, 0) is 33.6 Å². The third kappa shape index (κ3) is 5.20. The van der Waals surface area contributed by atoms with Gasteiger partial charge in [0.25, 0.3) is 0 Å². The molecular weight excluding hydrogens is 405 g/mol. The molecule has 4 rings (SSSR count). The van der Waals surface area contributed by atoms with Gasteiger partial charge >= 0.3 is 0 Å². The summed E-state index contributed by atoms with van der Waals surface area (Å²) < 4.78 is 40.3. The number of nitrogens with zero attached hydrogens (tertiary/aromatic N) is 2. The molecule has 0 bridgehead atoms. The first kappa shape index (κ1) is 20.9. The molecule has 1 aliphatic rings. The second kappa shape index (κ2) is 9.18. The molecule has 0 radical (unpaired) electrons. The number of ether oxygens (including phenoxy) is 2. The zero-order valence-electron chi connectivity index (χ0n) is 16.4. The Kier molecular flexibility index (Phi) is 6.38. The molecule has 0 aliphatic carbocycles. The van der Waals surface area contributed by atoms with E-state index in [1.54, 1.807) is 48.9 Å². The van der Waals surface area contributed by atoms with Crippen LogP contribution in [0.25, 0.3) is 0 Å². The molecule has 158 valence electrons. The van der Waals surface area contributed by atoms with Gasteiger partial charge in [0.05, 0.1) is 19.5 Å². The van der Waals surface area contributed by atoms with Crippen LogP contribution in [-0.4, -0.2) is 38.4 Å². The van der Waals surface area contributed by atoms with Crippen molar-refractivity contribution in [1.82, 2.24) is 9.55 Å². The van der Waals surface area contributed by atoms with Gasteiger partial charge in [-0.1, -0.05) is 12.1 Å². The third-order valence-electron chi connectivity index (χ3n) is 5.08. The first-order valence-electron chi connectivity index (χ1n) is 9.77. The van der Waals surface area contributed by atoms with Gasteiger partial charge in [0.2, 0.25) is 0 Å². The molecule has 0 saturated carbocycles. The Morgan fingerprint density at radius 3 is 2.67 bits per heavy atom. The third-order valence-corrected chi connectivity index (χ3v) is 6.56. The number of hydrogen-bond acceptors (Lipinski definition) is 5. The van der Waals surface area contributed by atoms with E-state index in [-0.39, 0.29) is 11.9 Å². The zero-order valence-corrected chi connectivity index (χ0v) is 17.3. The standard InChI is InChI=1S/C22H24FN3O3S/c23-18-3-1-17(2-4-18)9-10-22(15-26-12-11-25-16-26)28-13-20(29-22)14-30(27)21-7-5-19(24)6-8-21/h1-8,11-12,16,20H,9-10,13-15,24H2/t20-,22-,30?/m0/s1. The van der Waals surface area contributed by atoms with Crippen LogP contribution < -0.4 is 5.73 Å². The summed E-state index contributed by atoms with van der Waals surface area (Å²) in [7, 11) is 0. The quantitative estimate of drug-likeness (QED) is 0.439. The highest BCUT2D eigenvalue weighted by Crippen LogP contribution is 2.32. The molecule has 30 heavy (non-hydrogen) atoms. The smallest absolute Gasteiger partial charge is 0.187 e. The van der Waals surface area contributed by atoms with E-state index in [2.05, 4.69) is 4.98 Å². The van der Waals surface area contributed by atoms with Crippen molar-refractivity contribution in [3.63, 3.8) is 0 Å². The molecule has 3 atom stereocenters. The lowest BCUT2D eigenvalue weighted by Crippen LogP contribution is -2.37. The van der Waals surface area contributed by atoms with Gasteiger partial charge in [-0.05, 0) is 59.6 Å². The molecular formula is C22H24FN3O3S. The minimum atomic E-state index is -1.22. The summed E-state index contributed by atoms with van der Waals surface area (Å²) in [6.07, 6.45) is 6.24. The van der Waals surface area contributed by atoms with Crippen LogP contribution in [0.4, 0.5) is 10.1 Å². The molecule has 3 aromatic rings. The lowest BCUT2D eigenvalue weighted by atomic mass is 10.0. The van der Waals surface area contributed by atoms with Crippen molar-refractivity contribution >= 4 is 16.9 Å². The number of rotatable bonds is 8. The van der Waals surface area contributed by atoms with Gasteiger partial charge in [-0.3, -0.25) is 0 Å². The molecule has 1 fully saturated rings. The van der Waals surface area contributed by atoms with Crippen LogP contribution in [0.5, 0.6) is 0 Å². The molecule has 8 heteroatoms. The molecule has 0 spiro atoms. The Hall–Kier alpha value is -2.39. The van der Waals surface area contributed by atoms with Crippen LogP contribution in [0.15, 0.2) is 72.1 Å². The largest absolute Gasteiger partial charge is 0.611 e. The zero-order chi connectivity index (χ0) is 21.0. The van der Waals surface area contributed by atoms with E-state index in [0.717, 1.165) is 5.56 Å².